The average molecular weight is 509 g/mol. The first-order valence-corrected chi connectivity index (χ1v) is 12.0. The molecule has 1 aliphatic rings. The van der Waals surface area contributed by atoms with Crippen LogP contribution in [0.5, 0.6) is 0 Å². The number of hydrogen-bond donors (Lipinski definition) is 1. The van der Waals surface area contributed by atoms with Gasteiger partial charge in [0.25, 0.3) is 0 Å². The summed E-state index contributed by atoms with van der Waals surface area (Å²) in [5.74, 6) is -2.09. The smallest absolute Gasteiger partial charge is 0.224 e. The minimum atomic E-state index is -0.909. The highest BCUT2D eigenvalue weighted by molar-refractivity contribution is 6.31. The maximum absolute atomic E-state index is 14.6. The number of aromatic nitrogens is 3. The average Bonchev–Trinajstić information content (AvgIpc) is 3.21. The molecule has 9 heteroatoms. The molecule has 0 radical (unpaired) electrons. The van der Waals surface area contributed by atoms with Gasteiger partial charge in [0.2, 0.25) is 5.91 Å². The Balaban J connectivity index is 1.60. The fourth-order valence-electron chi connectivity index (χ4n) is 4.81. The van der Waals surface area contributed by atoms with Crippen LogP contribution in [0.3, 0.4) is 0 Å². The van der Waals surface area contributed by atoms with Gasteiger partial charge in [-0.3, -0.25) is 9.48 Å². The Kier molecular flexibility index (Phi) is 6.45. The summed E-state index contributed by atoms with van der Waals surface area (Å²) in [6.07, 6.45) is 5.13. The molecule has 0 saturated carbocycles. The minimum absolute atomic E-state index is 0.0913. The number of nitrogens with zero attached hydrogens (tertiary/aromatic N) is 3. The van der Waals surface area contributed by atoms with Crippen molar-refractivity contribution in [1.82, 2.24) is 9.78 Å². The third-order valence-corrected chi connectivity index (χ3v) is 6.85. The molecule has 3 heterocycles. The quantitative estimate of drug-likeness (QED) is 0.206. The maximum Gasteiger partial charge on any atom is 0.224 e. The van der Waals surface area contributed by atoms with Crippen LogP contribution in [0.25, 0.3) is 22.4 Å². The van der Waals surface area contributed by atoms with E-state index in [1.807, 2.05) is 24.3 Å². The summed E-state index contributed by atoms with van der Waals surface area (Å²) in [5, 5.41) is 20.2. The number of anilines is 1. The van der Waals surface area contributed by atoms with Gasteiger partial charge in [0.15, 0.2) is 17.7 Å². The van der Waals surface area contributed by atoms with Crippen molar-refractivity contribution < 1.29 is 18.3 Å². The summed E-state index contributed by atoms with van der Waals surface area (Å²) >= 11 is 5.84. The highest BCUT2D eigenvalue weighted by Gasteiger charge is 2.26. The van der Waals surface area contributed by atoms with E-state index in [1.165, 1.54) is 12.3 Å². The minimum Gasteiger partial charge on any atom is -0.618 e. The van der Waals surface area contributed by atoms with E-state index in [4.69, 9.17) is 11.6 Å². The molecule has 184 valence electrons. The molecule has 1 aliphatic heterocycles. The number of halogens is 3. The van der Waals surface area contributed by atoms with Crippen LogP contribution in [0.4, 0.5) is 14.5 Å². The molecular formula is C27H23ClF2N4O2. The molecule has 5 rings (SSSR count). The highest BCUT2D eigenvalue weighted by atomic mass is 35.5. The number of amides is 1. The molecule has 6 nitrogen and oxygen atoms in total. The van der Waals surface area contributed by atoms with Crippen molar-refractivity contribution in [3.05, 3.63) is 94.0 Å². The van der Waals surface area contributed by atoms with Crippen LogP contribution in [0.15, 0.2) is 60.9 Å². The molecule has 4 aromatic rings. The Bertz CT molecular complexity index is 1470. The number of rotatable bonds is 2. The molecule has 0 aliphatic carbocycles. The zero-order valence-electron chi connectivity index (χ0n) is 19.5. The summed E-state index contributed by atoms with van der Waals surface area (Å²) in [6, 6.07) is 13.1. The second-order valence-electron chi connectivity index (χ2n) is 8.89. The number of nitrogens with one attached hydrogen (secondary N) is 1. The Hall–Kier alpha value is -3.78. The van der Waals surface area contributed by atoms with Gasteiger partial charge in [0.1, 0.15) is 5.82 Å². The first kappa shape index (κ1) is 23.9. The Labute approximate surface area is 211 Å². The molecule has 1 N–H and O–H groups in total. The van der Waals surface area contributed by atoms with Gasteiger partial charge in [0.05, 0.1) is 39.6 Å². The lowest BCUT2D eigenvalue weighted by atomic mass is 9.88. The molecule has 1 amide bonds. The van der Waals surface area contributed by atoms with E-state index in [2.05, 4.69) is 10.4 Å². The molecular weight excluding hydrogens is 486 g/mol. The Morgan fingerprint density at radius 2 is 1.97 bits per heavy atom. The van der Waals surface area contributed by atoms with Crippen molar-refractivity contribution in [3.8, 4) is 22.4 Å². The third kappa shape index (κ3) is 4.44. The van der Waals surface area contributed by atoms with Gasteiger partial charge in [-0.15, -0.1) is 0 Å². The topological polar surface area (TPSA) is 73.9 Å². The molecule has 0 spiro atoms. The first-order chi connectivity index (χ1) is 17.3. The van der Waals surface area contributed by atoms with Crippen LogP contribution in [0, 0.1) is 16.8 Å². The zero-order chi connectivity index (χ0) is 25.4. The first-order valence-electron chi connectivity index (χ1n) is 11.6. The highest BCUT2D eigenvalue weighted by Crippen LogP contribution is 2.36. The van der Waals surface area contributed by atoms with Crippen molar-refractivity contribution in [2.24, 2.45) is 7.05 Å². The summed E-state index contributed by atoms with van der Waals surface area (Å²) in [5.41, 5.74) is 3.38. The number of carbonyl (C=O) groups is 1. The second kappa shape index (κ2) is 9.70. The van der Waals surface area contributed by atoms with Gasteiger partial charge in [-0.1, -0.05) is 36.2 Å². The molecule has 0 fully saturated rings. The summed E-state index contributed by atoms with van der Waals surface area (Å²) in [7, 11) is 1.80. The van der Waals surface area contributed by atoms with E-state index >= 15 is 0 Å². The zero-order valence-corrected chi connectivity index (χ0v) is 20.2. The van der Waals surface area contributed by atoms with Crippen LogP contribution in [-0.4, -0.2) is 15.7 Å². The van der Waals surface area contributed by atoms with E-state index in [1.54, 1.807) is 24.0 Å². The number of pyridine rings is 1. The Morgan fingerprint density at radius 3 is 2.78 bits per heavy atom. The summed E-state index contributed by atoms with van der Waals surface area (Å²) in [4.78, 5) is 12.5. The van der Waals surface area contributed by atoms with Crippen LogP contribution in [0.2, 0.25) is 5.02 Å². The lowest BCUT2D eigenvalue weighted by Crippen LogP contribution is -2.33. The summed E-state index contributed by atoms with van der Waals surface area (Å²) in [6.45, 7) is 0. The SMILES string of the molecule is Cn1ncc2c1-c1cccc(c1)C(c1ccc(-c3c(F)ccc(Cl)c3F)c[n+]1[O-])CCCCC(=O)N2. The van der Waals surface area contributed by atoms with Crippen LogP contribution in [0.1, 0.15) is 42.9 Å². The van der Waals surface area contributed by atoms with Crippen molar-refractivity contribution >= 4 is 23.2 Å². The Morgan fingerprint density at radius 1 is 1.14 bits per heavy atom. The van der Waals surface area contributed by atoms with Gasteiger partial charge in [0, 0.05) is 25.1 Å². The number of fused-ring (bicyclic) bond motifs is 4. The number of carbonyl (C=O) groups excluding carboxylic acids is 1. The fraction of sp³-hybridized carbons (Fsp3) is 0.222. The summed E-state index contributed by atoms with van der Waals surface area (Å²) < 4.78 is 31.3. The van der Waals surface area contributed by atoms with Crippen LogP contribution >= 0.6 is 11.6 Å². The molecule has 1 atom stereocenters. The number of benzene rings is 2. The van der Waals surface area contributed by atoms with Gasteiger partial charge >= 0.3 is 0 Å². The monoisotopic (exact) mass is 508 g/mol. The van der Waals surface area contributed by atoms with Crippen LogP contribution < -0.4 is 10.0 Å². The lowest BCUT2D eigenvalue weighted by Gasteiger charge is -2.19. The molecule has 2 bridgehead atoms. The van der Waals surface area contributed by atoms with E-state index in [-0.39, 0.29) is 28.0 Å². The number of aryl methyl sites for hydroxylation is 1. The maximum atomic E-state index is 14.6. The predicted octanol–water partition coefficient (Wildman–Crippen LogP) is 5.96. The van der Waals surface area contributed by atoms with E-state index in [0.717, 1.165) is 29.0 Å². The van der Waals surface area contributed by atoms with E-state index < -0.39 is 11.6 Å². The van der Waals surface area contributed by atoms with Crippen molar-refractivity contribution in [2.45, 2.75) is 31.6 Å². The predicted molar refractivity (Wildman–Crippen MR) is 133 cm³/mol. The molecule has 2 aromatic heterocycles. The van der Waals surface area contributed by atoms with Crippen molar-refractivity contribution in [2.75, 3.05) is 5.32 Å². The van der Waals surface area contributed by atoms with Gasteiger partial charge in [-0.25, -0.2) is 8.78 Å². The van der Waals surface area contributed by atoms with Crippen molar-refractivity contribution in [1.29, 1.82) is 0 Å². The molecule has 2 aromatic carbocycles. The van der Waals surface area contributed by atoms with Gasteiger partial charge < -0.3 is 10.5 Å². The second-order valence-corrected chi connectivity index (χ2v) is 9.30. The van der Waals surface area contributed by atoms with Gasteiger partial charge in [-0.05, 0) is 42.7 Å². The largest absolute Gasteiger partial charge is 0.618 e. The molecule has 36 heavy (non-hydrogen) atoms. The fourth-order valence-corrected chi connectivity index (χ4v) is 4.97. The van der Waals surface area contributed by atoms with E-state index in [9.17, 15) is 18.8 Å². The number of hydrogen-bond acceptors (Lipinski definition) is 3. The van der Waals surface area contributed by atoms with Crippen LogP contribution in [-0.2, 0) is 11.8 Å². The van der Waals surface area contributed by atoms with E-state index in [0.29, 0.717) is 41.8 Å². The standard InChI is InChI=1S/C27H23ClF2N4O2/c1-33-27-17-6-4-5-16(13-17)19(7-2-3-8-24(35)32-22(27)14-31-33)23-12-9-18(15-34(23)36)25-21(29)11-10-20(28)26(25)30/h4-6,9-15,19H,2-3,7-8H2,1H3,(H,32,35). The van der Waals surface area contributed by atoms with Crippen molar-refractivity contribution in [3.63, 3.8) is 0 Å². The normalized spacial score (nSPS) is 16.0. The van der Waals surface area contributed by atoms with Gasteiger partial charge in [-0.2, -0.15) is 9.83 Å². The molecule has 0 saturated heterocycles. The lowest BCUT2D eigenvalue weighted by molar-refractivity contribution is -0.614. The third-order valence-electron chi connectivity index (χ3n) is 6.56. The molecule has 1 unspecified atom stereocenters.